The molecule has 6 atom stereocenters. The molecule has 4 rings (SSSR count). The zero-order chi connectivity index (χ0) is 24.0. The number of unbranched alkanes of at least 4 members (excludes halogenated alkanes) is 1. The van der Waals surface area contributed by atoms with Crippen molar-refractivity contribution < 1.29 is 29.0 Å². The molecule has 1 N–H and O–H groups in total. The molecule has 182 valence electrons. The third kappa shape index (κ3) is 3.71. The van der Waals surface area contributed by atoms with E-state index in [1.165, 1.54) is 4.90 Å². The summed E-state index contributed by atoms with van der Waals surface area (Å²) in [5, 5.41) is 10.3. The Morgan fingerprint density at radius 2 is 1.91 bits per heavy atom. The maximum absolute atomic E-state index is 14.1. The summed E-state index contributed by atoms with van der Waals surface area (Å²) in [4.78, 5) is 44.4. The third-order valence-electron chi connectivity index (χ3n) is 7.46. The first-order chi connectivity index (χ1) is 15.7. The monoisotopic (exact) mass is 460 g/mol. The Morgan fingerprint density at radius 1 is 1.15 bits per heavy atom. The van der Waals surface area contributed by atoms with Gasteiger partial charge < -0.3 is 24.4 Å². The molecular weight excluding hydrogens is 424 g/mol. The van der Waals surface area contributed by atoms with Gasteiger partial charge in [-0.05, 0) is 31.8 Å². The molecule has 1 spiro atoms. The number of hydrogen-bond acceptors (Lipinski definition) is 6. The average Bonchev–Trinajstić information content (AvgIpc) is 3.03. The van der Waals surface area contributed by atoms with Crippen LogP contribution in [0.4, 0.5) is 0 Å². The van der Waals surface area contributed by atoms with Crippen molar-refractivity contribution >= 4 is 17.8 Å². The second-order valence-electron chi connectivity index (χ2n) is 10.3. The largest absolute Gasteiger partial charge is 0.461 e. The number of hydrogen-bond donors (Lipinski definition) is 1. The van der Waals surface area contributed by atoms with E-state index in [9.17, 15) is 19.5 Å². The molecule has 0 radical (unpaired) electrons. The number of aliphatic hydroxyl groups is 1. The van der Waals surface area contributed by atoms with Gasteiger partial charge >= 0.3 is 5.97 Å². The zero-order valence-corrected chi connectivity index (χ0v) is 20.0. The SMILES string of the molecule is CCCCN1CC=C[C@]23O[C@@]4(C)C=CCOC(=O)[C@H]4[C@H]2C(=O)N([C@@H](CO)CC(C)C)C3C1=O. The fourth-order valence-electron chi connectivity index (χ4n) is 6.11. The van der Waals surface area contributed by atoms with Crippen molar-refractivity contribution in [3.8, 4) is 0 Å². The molecule has 8 heteroatoms. The highest BCUT2D eigenvalue weighted by molar-refractivity contribution is 5.99. The van der Waals surface area contributed by atoms with E-state index in [0.717, 1.165) is 12.8 Å². The van der Waals surface area contributed by atoms with E-state index in [0.29, 0.717) is 19.5 Å². The average molecular weight is 461 g/mol. The maximum atomic E-state index is 14.1. The number of carbonyl (C=O) groups excluding carboxylic acids is 3. The van der Waals surface area contributed by atoms with Crippen LogP contribution in [-0.2, 0) is 23.9 Å². The molecule has 2 saturated heterocycles. The zero-order valence-electron chi connectivity index (χ0n) is 20.0. The number of cyclic esters (lactones) is 1. The number of amides is 2. The lowest BCUT2D eigenvalue weighted by Crippen LogP contribution is -2.59. The van der Waals surface area contributed by atoms with E-state index < -0.39 is 41.1 Å². The first kappa shape index (κ1) is 24.0. The van der Waals surface area contributed by atoms with Gasteiger partial charge in [-0.2, -0.15) is 0 Å². The highest BCUT2D eigenvalue weighted by Gasteiger charge is 2.75. The van der Waals surface area contributed by atoms with Crippen LogP contribution in [0.15, 0.2) is 24.3 Å². The van der Waals surface area contributed by atoms with Crippen molar-refractivity contribution in [3.63, 3.8) is 0 Å². The van der Waals surface area contributed by atoms with Crippen LogP contribution in [0.3, 0.4) is 0 Å². The Hall–Kier alpha value is -2.19. The number of likely N-dealkylation sites (tertiary alicyclic amines) is 1. The Morgan fingerprint density at radius 3 is 2.58 bits per heavy atom. The van der Waals surface area contributed by atoms with Crippen LogP contribution in [0.5, 0.6) is 0 Å². The molecule has 4 aliphatic rings. The Balaban J connectivity index is 1.86. The van der Waals surface area contributed by atoms with Crippen molar-refractivity contribution in [1.29, 1.82) is 0 Å². The van der Waals surface area contributed by atoms with Crippen LogP contribution in [0.25, 0.3) is 0 Å². The topological polar surface area (TPSA) is 96.4 Å². The van der Waals surface area contributed by atoms with Crippen LogP contribution in [0, 0.1) is 17.8 Å². The minimum Gasteiger partial charge on any atom is -0.461 e. The number of ether oxygens (including phenoxy) is 2. The van der Waals surface area contributed by atoms with Crippen molar-refractivity contribution in [1.82, 2.24) is 9.80 Å². The molecule has 33 heavy (non-hydrogen) atoms. The summed E-state index contributed by atoms with van der Waals surface area (Å²) in [7, 11) is 0. The molecule has 4 heterocycles. The minimum atomic E-state index is -1.29. The molecule has 1 unspecified atom stereocenters. The fraction of sp³-hybridized carbons (Fsp3) is 0.720. The molecule has 0 aromatic rings. The Bertz CT molecular complexity index is 869. The van der Waals surface area contributed by atoms with Gasteiger partial charge in [0.15, 0.2) is 0 Å². The van der Waals surface area contributed by atoms with Crippen LogP contribution >= 0.6 is 0 Å². The normalized spacial score (nSPS) is 36.4. The lowest BCUT2D eigenvalue weighted by atomic mass is 9.75. The van der Waals surface area contributed by atoms with Gasteiger partial charge in [0, 0.05) is 13.1 Å². The molecule has 4 aliphatic heterocycles. The van der Waals surface area contributed by atoms with Gasteiger partial charge in [0.1, 0.15) is 24.2 Å². The molecule has 2 amide bonds. The quantitative estimate of drug-likeness (QED) is 0.459. The van der Waals surface area contributed by atoms with E-state index in [1.807, 2.05) is 26.0 Å². The van der Waals surface area contributed by atoms with Gasteiger partial charge in [0.25, 0.3) is 0 Å². The van der Waals surface area contributed by atoms with E-state index in [-0.39, 0.29) is 30.9 Å². The van der Waals surface area contributed by atoms with Gasteiger partial charge in [-0.3, -0.25) is 14.4 Å². The van der Waals surface area contributed by atoms with Crippen molar-refractivity contribution in [2.24, 2.45) is 17.8 Å². The molecule has 0 saturated carbocycles. The highest BCUT2D eigenvalue weighted by atomic mass is 16.6. The van der Waals surface area contributed by atoms with Crippen LogP contribution in [-0.4, -0.2) is 82.3 Å². The van der Waals surface area contributed by atoms with Crippen molar-refractivity contribution in [2.45, 2.75) is 70.2 Å². The molecule has 0 aliphatic carbocycles. The Kier molecular flexibility index (Phi) is 6.44. The predicted molar refractivity (Wildman–Crippen MR) is 121 cm³/mol. The number of aliphatic hydroxyl groups excluding tert-OH is 1. The summed E-state index contributed by atoms with van der Waals surface area (Å²) in [6.45, 7) is 8.76. The lowest BCUT2D eigenvalue weighted by molar-refractivity contribution is -0.160. The van der Waals surface area contributed by atoms with Crippen molar-refractivity contribution in [2.75, 3.05) is 26.3 Å². The Labute approximate surface area is 195 Å². The van der Waals surface area contributed by atoms with Crippen molar-refractivity contribution in [3.05, 3.63) is 24.3 Å². The predicted octanol–water partition coefficient (Wildman–Crippen LogP) is 1.68. The summed E-state index contributed by atoms with van der Waals surface area (Å²) >= 11 is 0. The van der Waals surface area contributed by atoms with Crippen LogP contribution in [0.2, 0.25) is 0 Å². The molecule has 0 aromatic carbocycles. The van der Waals surface area contributed by atoms with Gasteiger partial charge in [0.2, 0.25) is 11.8 Å². The molecular formula is C25H36N2O6. The summed E-state index contributed by atoms with van der Waals surface area (Å²) in [6.07, 6.45) is 9.57. The fourth-order valence-corrected chi connectivity index (χ4v) is 6.11. The summed E-state index contributed by atoms with van der Waals surface area (Å²) in [6, 6.07) is -1.48. The highest BCUT2D eigenvalue weighted by Crippen LogP contribution is 2.57. The first-order valence-electron chi connectivity index (χ1n) is 12.1. The second kappa shape index (κ2) is 8.87. The van der Waals surface area contributed by atoms with E-state index in [2.05, 4.69) is 6.92 Å². The standard InChI is InChI=1S/C25H36N2O6/c1-5-6-11-26-12-7-10-25-18(19-23(31)32-13-8-9-24(19,4)33-25)21(29)27(20(25)22(26)30)17(15-28)14-16(2)3/h7-10,16-20,28H,5-6,11-15H2,1-4H3/t17-,18+,19-,20?,24+,25+/m1/s1. The van der Waals surface area contributed by atoms with Crippen LogP contribution < -0.4 is 0 Å². The molecule has 8 nitrogen and oxygen atoms in total. The first-order valence-corrected chi connectivity index (χ1v) is 12.1. The minimum absolute atomic E-state index is 0.127. The van der Waals surface area contributed by atoms with Gasteiger partial charge in [-0.1, -0.05) is 45.4 Å². The number of fused-ring (bicyclic) bond motifs is 2. The number of rotatable bonds is 7. The van der Waals surface area contributed by atoms with E-state index in [4.69, 9.17) is 9.47 Å². The van der Waals surface area contributed by atoms with Gasteiger partial charge in [-0.15, -0.1) is 0 Å². The molecule has 0 bridgehead atoms. The van der Waals surface area contributed by atoms with E-state index >= 15 is 0 Å². The number of esters is 1. The van der Waals surface area contributed by atoms with E-state index in [1.54, 1.807) is 24.0 Å². The van der Waals surface area contributed by atoms with Crippen LogP contribution in [0.1, 0.15) is 47.0 Å². The molecule has 2 fully saturated rings. The maximum Gasteiger partial charge on any atom is 0.313 e. The third-order valence-corrected chi connectivity index (χ3v) is 7.46. The number of carbonyl (C=O) groups is 3. The smallest absolute Gasteiger partial charge is 0.313 e. The molecule has 0 aromatic heterocycles. The number of nitrogens with zero attached hydrogens (tertiary/aromatic N) is 2. The summed E-state index contributed by atoms with van der Waals surface area (Å²) in [5.41, 5.74) is -2.35. The lowest BCUT2D eigenvalue weighted by Gasteiger charge is -2.40. The van der Waals surface area contributed by atoms with Gasteiger partial charge in [-0.25, -0.2) is 0 Å². The van der Waals surface area contributed by atoms with Gasteiger partial charge in [0.05, 0.1) is 24.2 Å². The summed E-state index contributed by atoms with van der Waals surface area (Å²) in [5.74, 6) is -2.56. The summed E-state index contributed by atoms with van der Waals surface area (Å²) < 4.78 is 12.0. The second-order valence-corrected chi connectivity index (χ2v) is 10.3.